The molecule has 1 aromatic rings. The molecule has 1 heterocycles. The normalized spacial score (nSPS) is 18.7. The lowest BCUT2D eigenvalue weighted by Gasteiger charge is -2.28. The molecule has 1 fully saturated rings. The van der Waals surface area contributed by atoms with Gasteiger partial charge in [0.1, 0.15) is 5.75 Å². The van der Waals surface area contributed by atoms with E-state index in [1.54, 1.807) is 19.1 Å². The Hall–Kier alpha value is -1.80. The predicted molar refractivity (Wildman–Crippen MR) is 95.7 cm³/mol. The van der Waals surface area contributed by atoms with Crippen LogP contribution in [0.15, 0.2) is 24.3 Å². The number of urea groups is 1. The fourth-order valence-electron chi connectivity index (χ4n) is 2.98. The first-order valence-corrected chi connectivity index (χ1v) is 10.1. The molecule has 7 nitrogen and oxygen atoms in total. The van der Waals surface area contributed by atoms with Crippen molar-refractivity contribution in [1.82, 2.24) is 10.2 Å². The largest absolute Gasteiger partial charge is 0.496 e. The lowest BCUT2D eigenvalue weighted by molar-refractivity contribution is 0.134. The van der Waals surface area contributed by atoms with Gasteiger partial charge in [-0.25, -0.2) is 13.2 Å². The Morgan fingerprint density at radius 1 is 1.32 bits per heavy atom. The van der Waals surface area contributed by atoms with E-state index < -0.39 is 9.84 Å². The summed E-state index contributed by atoms with van der Waals surface area (Å²) in [5, 5.41) is 2.88. The number of nitrogens with zero attached hydrogens (tertiary/aromatic N) is 1. The number of benzene rings is 1. The van der Waals surface area contributed by atoms with E-state index in [0.717, 1.165) is 11.3 Å². The van der Waals surface area contributed by atoms with Crippen molar-refractivity contribution >= 4 is 15.9 Å². The molecule has 25 heavy (non-hydrogen) atoms. The van der Waals surface area contributed by atoms with Gasteiger partial charge in [0.2, 0.25) is 0 Å². The van der Waals surface area contributed by atoms with E-state index in [1.165, 1.54) is 0 Å². The van der Waals surface area contributed by atoms with E-state index in [0.29, 0.717) is 32.5 Å². The van der Waals surface area contributed by atoms with Crippen molar-refractivity contribution in [3.63, 3.8) is 0 Å². The van der Waals surface area contributed by atoms with Crippen LogP contribution in [-0.2, 0) is 21.0 Å². The van der Waals surface area contributed by atoms with Crippen molar-refractivity contribution in [3.05, 3.63) is 29.8 Å². The molecular formula is C17H26N2O5S. The fourth-order valence-corrected chi connectivity index (χ4v) is 4.71. The quantitative estimate of drug-likeness (QED) is 0.740. The highest BCUT2D eigenvalue weighted by atomic mass is 32.2. The Labute approximate surface area is 149 Å². The number of carbonyl (C=O) groups excluding carboxylic acids is 1. The maximum absolute atomic E-state index is 12.5. The van der Waals surface area contributed by atoms with Crippen LogP contribution in [-0.4, -0.2) is 70.8 Å². The highest BCUT2D eigenvalue weighted by molar-refractivity contribution is 7.91. The highest BCUT2D eigenvalue weighted by Crippen LogP contribution is 2.19. The number of para-hydroxylation sites is 1. The van der Waals surface area contributed by atoms with Crippen LogP contribution in [0.25, 0.3) is 0 Å². The Bertz CT molecular complexity index is 677. The first-order chi connectivity index (χ1) is 12.0. The van der Waals surface area contributed by atoms with Crippen LogP contribution >= 0.6 is 0 Å². The average molecular weight is 370 g/mol. The van der Waals surface area contributed by atoms with E-state index in [2.05, 4.69) is 5.32 Å². The van der Waals surface area contributed by atoms with Gasteiger partial charge in [0.15, 0.2) is 9.84 Å². The van der Waals surface area contributed by atoms with Gasteiger partial charge in [0.25, 0.3) is 0 Å². The topological polar surface area (TPSA) is 84.9 Å². The van der Waals surface area contributed by atoms with Gasteiger partial charge in [-0.1, -0.05) is 18.2 Å². The molecule has 1 atom stereocenters. The molecule has 1 aliphatic heterocycles. The van der Waals surface area contributed by atoms with Crippen LogP contribution in [0.3, 0.4) is 0 Å². The Kier molecular flexibility index (Phi) is 7.07. The van der Waals surface area contributed by atoms with Gasteiger partial charge < -0.3 is 19.7 Å². The van der Waals surface area contributed by atoms with Gasteiger partial charge in [0, 0.05) is 26.2 Å². The van der Waals surface area contributed by atoms with Crippen molar-refractivity contribution in [2.75, 3.05) is 45.4 Å². The Morgan fingerprint density at radius 3 is 2.72 bits per heavy atom. The van der Waals surface area contributed by atoms with Crippen LogP contribution in [0.5, 0.6) is 5.75 Å². The number of carbonyl (C=O) groups is 1. The number of sulfone groups is 1. The van der Waals surface area contributed by atoms with Crippen LogP contribution < -0.4 is 10.1 Å². The van der Waals surface area contributed by atoms with Gasteiger partial charge in [-0.15, -0.1) is 0 Å². The zero-order valence-corrected chi connectivity index (χ0v) is 15.5. The van der Waals surface area contributed by atoms with Gasteiger partial charge in [-0.2, -0.15) is 0 Å². The number of methoxy groups -OCH3 is 2. The molecule has 2 amide bonds. The summed E-state index contributed by atoms with van der Waals surface area (Å²) in [4.78, 5) is 14.1. The smallest absolute Gasteiger partial charge is 0.317 e. The summed E-state index contributed by atoms with van der Waals surface area (Å²) < 4.78 is 33.8. The third-order valence-corrected chi connectivity index (χ3v) is 6.06. The van der Waals surface area contributed by atoms with Crippen LogP contribution in [0.2, 0.25) is 0 Å². The van der Waals surface area contributed by atoms with Crippen molar-refractivity contribution in [1.29, 1.82) is 0 Å². The third kappa shape index (κ3) is 5.61. The van der Waals surface area contributed by atoms with Crippen molar-refractivity contribution in [3.8, 4) is 5.75 Å². The van der Waals surface area contributed by atoms with E-state index in [9.17, 15) is 13.2 Å². The maximum atomic E-state index is 12.5. The molecule has 0 saturated carbocycles. The molecule has 0 bridgehead atoms. The van der Waals surface area contributed by atoms with Crippen LogP contribution in [0, 0.1) is 0 Å². The standard InChI is InChI=1S/C17H26N2O5S/c1-23-11-10-19(15-8-12-25(21,22)13-15)17(20)18-9-7-14-5-3-4-6-16(14)24-2/h3-6,15H,7-13H2,1-2H3,(H,18,20). The molecule has 1 unspecified atom stereocenters. The molecule has 0 aromatic heterocycles. The number of amides is 2. The minimum atomic E-state index is -3.05. The monoisotopic (exact) mass is 370 g/mol. The molecule has 8 heteroatoms. The number of rotatable bonds is 8. The van der Waals surface area contributed by atoms with Gasteiger partial charge in [-0.3, -0.25) is 0 Å². The summed E-state index contributed by atoms with van der Waals surface area (Å²) in [6.45, 7) is 1.19. The van der Waals surface area contributed by atoms with E-state index >= 15 is 0 Å². The number of hydrogen-bond acceptors (Lipinski definition) is 5. The summed E-state index contributed by atoms with van der Waals surface area (Å²) >= 11 is 0. The predicted octanol–water partition coefficient (Wildman–Crippen LogP) is 1.08. The lowest BCUT2D eigenvalue weighted by atomic mass is 10.1. The third-order valence-electron chi connectivity index (χ3n) is 4.31. The second-order valence-corrected chi connectivity index (χ2v) is 8.27. The van der Waals surface area contributed by atoms with Crippen LogP contribution in [0.4, 0.5) is 4.79 Å². The second-order valence-electron chi connectivity index (χ2n) is 6.04. The summed E-state index contributed by atoms with van der Waals surface area (Å²) in [6.07, 6.45) is 1.11. The lowest BCUT2D eigenvalue weighted by Crippen LogP contribution is -2.48. The molecule has 1 saturated heterocycles. The minimum Gasteiger partial charge on any atom is -0.496 e. The molecule has 2 rings (SSSR count). The fraction of sp³-hybridized carbons (Fsp3) is 0.588. The van der Waals surface area contributed by atoms with Crippen molar-refractivity contribution in [2.45, 2.75) is 18.9 Å². The average Bonchev–Trinajstić information content (AvgIpc) is 2.95. The summed E-state index contributed by atoms with van der Waals surface area (Å²) in [5.74, 6) is 0.946. The molecule has 0 aliphatic carbocycles. The molecule has 1 N–H and O–H groups in total. The van der Waals surface area contributed by atoms with Crippen molar-refractivity contribution in [2.24, 2.45) is 0 Å². The van der Waals surface area contributed by atoms with Crippen molar-refractivity contribution < 1.29 is 22.7 Å². The molecular weight excluding hydrogens is 344 g/mol. The van der Waals surface area contributed by atoms with Crippen LogP contribution in [0.1, 0.15) is 12.0 Å². The van der Waals surface area contributed by atoms with E-state index in [4.69, 9.17) is 9.47 Å². The van der Waals surface area contributed by atoms with Gasteiger partial charge >= 0.3 is 6.03 Å². The molecule has 0 radical (unpaired) electrons. The zero-order chi connectivity index (χ0) is 18.3. The molecule has 0 spiro atoms. The first kappa shape index (κ1) is 19.5. The molecule has 1 aliphatic rings. The number of ether oxygens (including phenoxy) is 2. The zero-order valence-electron chi connectivity index (χ0n) is 14.7. The number of hydrogen-bond donors (Lipinski definition) is 1. The molecule has 1 aromatic carbocycles. The minimum absolute atomic E-state index is 0.0244. The summed E-state index contributed by atoms with van der Waals surface area (Å²) in [5.41, 5.74) is 1.01. The Balaban J connectivity index is 1.93. The van der Waals surface area contributed by atoms with Gasteiger partial charge in [0.05, 0.1) is 25.2 Å². The van der Waals surface area contributed by atoms with E-state index in [-0.39, 0.29) is 23.6 Å². The maximum Gasteiger partial charge on any atom is 0.317 e. The highest BCUT2D eigenvalue weighted by Gasteiger charge is 2.34. The molecule has 140 valence electrons. The van der Waals surface area contributed by atoms with E-state index in [1.807, 2.05) is 24.3 Å². The number of nitrogens with one attached hydrogen (secondary N) is 1. The first-order valence-electron chi connectivity index (χ1n) is 8.32. The SMILES string of the molecule is COCCN(C(=O)NCCc1ccccc1OC)C1CCS(=O)(=O)C1. The van der Waals surface area contributed by atoms with Gasteiger partial charge in [-0.05, 0) is 24.5 Å². The summed E-state index contributed by atoms with van der Waals surface area (Å²) in [7, 11) is 0.124. The summed E-state index contributed by atoms with van der Waals surface area (Å²) in [6, 6.07) is 7.12. The second kappa shape index (κ2) is 9.05. The Morgan fingerprint density at radius 2 is 2.08 bits per heavy atom.